The van der Waals surface area contributed by atoms with Gasteiger partial charge in [-0.1, -0.05) is 6.08 Å². The van der Waals surface area contributed by atoms with Crippen LogP contribution in [0, 0.1) is 0 Å². The second-order valence-electron chi connectivity index (χ2n) is 1.45. The molecule has 9 heavy (non-hydrogen) atoms. The molecule has 2 N–H and O–H groups in total. The molecular weight excluding hydrogens is 129 g/mol. The average molecular weight is 137 g/mol. The first-order valence-electron chi connectivity index (χ1n) is 2.26. The third-order valence-electron chi connectivity index (χ3n) is 0.723. The topological polar surface area (TPSA) is 66.2 Å². The maximum atomic E-state index is 9.81. The minimum absolute atomic E-state index is 0. The molecule has 0 spiro atoms. The van der Waals surface area contributed by atoms with Gasteiger partial charge in [-0.25, -0.2) is 0 Å². The Morgan fingerprint density at radius 2 is 2.33 bits per heavy atom. The van der Waals surface area contributed by atoms with Crippen LogP contribution in [0.5, 0.6) is 0 Å². The van der Waals surface area contributed by atoms with E-state index in [9.17, 15) is 9.90 Å². The zero-order valence-corrected chi connectivity index (χ0v) is 7.46. The van der Waals surface area contributed by atoms with E-state index >= 15 is 0 Å². The summed E-state index contributed by atoms with van der Waals surface area (Å²) in [6.45, 7) is 3.31. The number of nitrogens with two attached hydrogens (primary N) is 1. The molecule has 0 aliphatic heterocycles. The molecule has 0 aliphatic carbocycles. The zero-order valence-electron chi connectivity index (χ0n) is 5.46. The zero-order chi connectivity index (χ0) is 6.57. The summed E-state index contributed by atoms with van der Waals surface area (Å²) in [4.78, 5) is 9.81. The molecule has 1 atom stereocenters. The van der Waals surface area contributed by atoms with Crippen molar-refractivity contribution in [1.82, 2.24) is 0 Å². The van der Waals surface area contributed by atoms with Gasteiger partial charge in [0.25, 0.3) is 0 Å². The Hall–Kier alpha value is 0.170. The van der Waals surface area contributed by atoms with Crippen molar-refractivity contribution >= 4 is 5.97 Å². The summed E-state index contributed by atoms with van der Waals surface area (Å²) in [5.74, 6) is -1.23. The Labute approximate surface area is 76.2 Å². The molecule has 0 radical (unpaired) electrons. The van der Waals surface area contributed by atoms with Crippen molar-refractivity contribution in [1.29, 1.82) is 0 Å². The van der Waals surface area contributed by atoms with Crippen LogP contribution < -0.4 is 40.4 Å². The normalized spacial score (nSPS) is 11.2. The summed E-state index contributed by atoms with van der Waals surface area (Å²) in [6, 6.07) is -0.896. The number of aliphatic carboxylic acids is 1. The van der Waals surface area contributed by atoms with Gasteiger partial charge in [0, 0.05) is 6.04 Å². The van der Waals surface area contributed by atoms with Crippen LogP contribution in [0.2, 0.25) is 0 Å². The molecule has 0 saturated carbocycles. The molecule has 0 bridgehead atoms. The van der Waals surface area contributed by atoms with E-state index in [1.165, 1.54) is 6.08 Å². The van der Waals surface area contributed by atoms with Gasteiger partial charge in [-0.05, 0) is 6.42 Å². The summed E-state index contributed by atoms with van der Waals surface area (Å²) in [6.07, 6.45) is 1.71. The first kappa shape index (κ1) is 11.9. The van der Waals surface area contributed by atoms with Crippen molar-refractivity contribution in [3.8, 4) is 0 Å². The van der Waals surface area contributed by atoms with Crippen molar-refractivity contribution in [2.45, 2.75) is 12.5 Å². The second-order valence-corrected chi connectivity index (χ2v) is 1.45. The molecule has 0 aromatic rings. The fraction of sp³-hybridized carbons (Fsp3) is 0.400. The van der Waals surface area contributed by atoms with Crippen LogP contribution in [0.25, 0.3) is 0 Å². The molecule has 0 saturated heterocycles. The summed E-state index contributed by atoms with van der Waals surface area (Å²) in [5, 5.41) is 9.81. The molecule has 4 heteroatoms. The molecule has 0 heterocycles. The predicted molar refractivity (Wildman–Crippen MR) is 27.8 cm³/mol. The Morgan fingerprint density at radius 1 is 1.89 bits per heavy atom. The summed E-state index contributed by atoms with van der Waals surface area (Å²) in [7, 11) is 0. The standard InChI is InChI=1S/C5H9NO2.Na/c1-2-3-4(6)5(7)8;/h2,4H,1,3,6H2,(H,7,8);/q;+1/p-1. The number of carbonyl (C=O) groups excluding carboxylic acids is 1. The molecule has 0 fully saturated rings. The quantitative estimate of drug-likeness (QED) is 0.316. The number of hydrogen-bond donors (Lipinski definition) is 1. The van der Waals surface area contributed by atoms with Gasteiger partial charge < -0.3 is 15.6 Å². The van der Waals surface area contributed by atoms with E-state index in [4.69, 9.17) is 5.73 Å². The van der Waals surface area contributed by atoms with Crippen LogP contribution >= 0.6 is 0 Å². The van der Waals surface area contributed by atoms with Crippen molar-refractivity contribution in [2.24, 2.45) is 5.73 Å². The van der Waals surface area contributed by atoms with Crippen molar-refractivity contribution in [3.05, 3.63) is 12.7 Å². The molecule has 1 unspecified atom stereocenters. The number of carboxylic acids is 1. The van der Waals surface area contributed by atoms with Crippen LogP contribution in [0.15, 0.2) is 12.7 Å². The Balaban J connectivity index is 0. The number of carboxylic acid groups (broad SMARTS) is 1. The predicted octanol–water partition coefficient (Wildman–Crippen LogP) is -4.36. The first-order chi connectivity index (χ1) is 3.68. The van der Waals surface area contributed by atoms with E-state index in [1.807, 2.05) is 0 Å². The Kier molecular flexibility index (Phi) is 8.32. The third kappa shape index (κ3) is 6.05. The smallest absolute Gasteiger partial charge is 0.548 e. The fourth-order valence-electron chi connectivity index (χ4n) is 0.276. The van der Waals surface area contributed by atoms with Crippen LogP contribution in [-0.4, -0.2) is 12.0 Å². The van der Waals surface area contributed by atoms with E-state index in [0.29, 0.717) is 0 Å². The van der Waals surface area contributed by atoms with E-state index in [2.05, 4.69) is 6.58 Å². The molecule has 0 rings (SSSR count). The van der Waals surface area contributed by atoms with Gasteiger partial charge in [0.05, 0.1) is 5.97 Å². The minimum atomic E-state index is -1.23. The van der Waals surface area contributed by atoms with Crippen LogP contribution in [-0.2, 0) is 4.79 Å². The summed E-state index contributed by atoms with van der Waals surface area (Å²) >= 11 is 0. The molecule has 0 aromatic heterocycles. The van der Waals surface area contributed by atoms with Gasteiger partial charge >= 0.3 is 29.6 Å². The number of carbonyl (C=O) groups is 1. The minimum Gasteiger partial charge on any atom is -0.548 e. The molecular formula is C5H8NNaO2. The van der Waals surface area contributed by atoms with Gasteiger partial charge in [-0.2, -0.15) is 0 Å². The van der Waals surface area contributed by atoms with E-state index in [-0.39, 0.29) is 36.0 Å². The summed E-state index contributed by atoms with van der Waals surface area (Å²) in [5.41, 5.74) is 4.99. The van der Waals surface area contributed by atoms with Gasteiger partial charge in [0.15, 0.2) is 0 Å². The Morgan fingerprint density at radius 3 is 2.44 bits per heavy atom. The maximum Gasteiger partial charge on any atom is 1.00 e. The largest absolute Gasteiger partial charge is 1.00 e. The second kappa shape index (κ2) is 6.29. The molecule has 3 nitrogen and oxygen atoms in total. The Bertz CT molecular complexity index is 105. The molecule has 0 aromatic carbocycles. The average Bonchev–Trinajstić information content (AvgIpc) is 1.67. The van der Waals surface area contributed by atoms with Crippen LogP contribution in [0.4, 0.5) is 0 Å². The summed E-state index contributed by atoms with van der Waals surface area (Å²) < 4.78 is 0. The molecule has 46 valence electrons. The number of hydrogen-bond acceptors (Lipinski definition) is 3. The first-order valence-corrected chi connectivity index (χ1v) is 2.26. The monoisotopic (exact) mass is 137 g/mol. The maximum absolute atomic E-state index is 9.81. The van der Waals surface area contributed by atoms with Crippen molar-refractivity contribution < 1.29 is 39.5 Å². The number of rotatable bonds is 3. The van der Waals surface area contributed by atoms with Gasteiger partial charge in [-0.15, -0.1) is 6.58 Å². The van der Waals surface area contributed by atoms with Gasteiger partial charge in [0.1, 0.15) is 0 Å². The van der Waals surface area contributed by atoms with Crippen LogP contribution in [0.3, 0.4) is 0 Å². The van der Waals surface area contributed by atoms with E-state index < -0.39 is 12.0 Å². The third-order valence-corrected chi connectivity index (χ3v) is 0.723. The van der Waals surface area contributed by atoms with E-state index in [1.54, 1.807) is 0 Å². The van der Waals surface area contributed by atoms with Gasteiger partial charge in [0.2, 0.25) is 0 Å². The van der Waals surface area contributed by atoms with Crippen molar-refractivity contribution in [2.75, 3.05) is 0 Å². The van der Waals surface area contributed by atoms with Crippen molar-refractivity contribution in [3.63, 3.8) is 0 Å². The van der Waals surface area contributed by atoms with E-state index in [0.717, 1.165) is 0 Å². The molecule has 0 amide bonds. The van der Waals surface area contributed by atoms with Gasteiger partial charge in [-0.3, -0.25) is 0 Å². The fourth-order valence-corrected chi connectivity index (χ4v) is 0.276. The molecule has 0 aliphatic rings. The van der Waals surface area contributed by atoms with Crippen LogP contribution in [0.1, 0.15) is 6.42 Å². The SMILES string of the molecule is C=CCC(N)C(=O)[O-].[Na+].